The van der Waals surface area contributed by atoms with E-state index in [0.717, 1.165) is 41.5 Å². The summed E-state index contributed by atoms with van der Waals surface area (Å²) in [5, 5.41) is 59.6. The van der Waals surface area contributed by atoms with Crippen LogP contribution in [-0.2, 0) is 62.9 Å². The molecule has 0 saturated carbocycles. The Morgan fingerprint density at radius 1 is 0.379 bits per heavy atom. The van der Waals surface area contributed by atoms with Gasteiger partial charge in [-0.05, 0) is 41.5 Å². The Balaban J connectivity index is -0.0000000960. The molecule has 0 N–H and O–H groups in total. The molecule has 14 heteroatoms. The van der Waals surface area contributed by atoms with Crippen LogP contribution in [0.5, 0.6) is 0 Å². The summed E-state index contributed by atoms with van der Waals surface area (Å²) in [4.78, 5) is 59.6. The Labute approximate surface area is 187 Å². The van der Waals surface area contributed by atoms with E-state index in [0.29, 0.717) is 0 Å². The molecule has 0 aliphatic carbocycles. The van der Waals surface area contributed by atoms with Gasteiger partial charge in [-0.15, -0.1) is 0 Å². The predicted molar refractivity (Wildman–Crippen MR) is 71.4 cm³/mol. The summed E-state index contributed by atoms with van der Waals surface area (Å²) >= 11 is 0. The average molecular weight is 502 g/mol. The van der Waals surface area contributed by atoms with Crippen LogP contribution in [-0.4, -0.2) is 35.8 Å². The number of aliphatic carboxylic acids is 6. The number of hydrogen-bond donors (Lipinski definition) is 0. The number of carbonyl (C=O) groups is 6. The van der Waals surface area contributed by atoms with Crippen molar-refractivity contribution in [3.63, 3.8) is 0 Å². The molecule has 2 radical (unpaired) electrons. The molecule has 0 aromatic rings. The third-order valence-electron chi connectivity index (χ3n) is 3.06. The predicted octanol–water partition coefficient (Wildman–Crippen LogP) is -7.47. The molecule has 0 aliphatic rings. The van der Waals surface area contributed by atoms with Gasteiger partial charge in [0, 0.05) is 16.2 Å². The molecule has 0 rings (SSSR count). The number of carbonyl (C=O) groups excluding carboxylic acids is 6. The van der Waals surface area contributed by atoms with E-state index in [4.69, 9.17) is 0 Å². The van der Waals surface area contributed by atoms with Crippen molar-refractivity contribution in [2.45, 2.75) is 41.5 Å². The maximum atomic E-state index is 9.93. The van der Waals surface area contributed by atoms with Crippen molar-refractivity contribution in [3.05, 3.63) is 0 Å². The van der Waals surface area contributed by atoms with Crippen molar-refractivity contribution in [2.24, 2.45) is 16.2 Å². The SMILES string of the molecule is CC(C)(C(=O)[O-])C(=O)[O-].CC(C)(C(=O)[O-])C(=O)[O-].CC(C)(C(=O)[O-])C(=O)[O-].[Fe+3].[Fe+3]. The minimum absolute atomic E-state index is 0. The molecular formula is C15H18Fe2O12. The number of carboxylic acid groups (broad SMARTS) is 6. The Bertz CT molecular complexity index is 489. The van der Waals surface area contributed by atoms with Crippen LogP contribution in [0.3, 0.4) is 0 Å². The summed E-state index contributed by atoms with van der Waals surface area (Å²) in [5.41, 5.74) is -5.67. The minimum Gasteiger partial charge on any atom is -0.549 e. The van der Waals surface area contributed by atoms with Gasteiger partial charge < -0.3 is 59.4 Å². The summed E-state index contributed by atoms with van der Waals surface area (Å²) < 4.78 is 0. The zero-order valence-electron chi connectivity index (χ0n) is 16.1. The van der Waals surface area contributed by atoms with E-state index >= 15 is 0 Å². The first-order valence-corrected chi connectivity index (χ1v) is 6.95. The van der Waals surface area contributed by atoms with E-state index in [-0.39, 0.29) is 34.1 Å². The molecule has 0 fully saturated rings. The maximum absolute atomic E-state index is 9.93. The Morgan fingerprint density at radius 3 is 0.448 bits per heavy atom. The second-order valence-electron chi connectivity index (χ2n) is 6.60. The van der Waals surface area contributed by atoms with Gasteiger partial charge in [0.2, 0.25) is 0 Å². The quantitative estimate of drug-likeness (QED) is 0.243. The second-order valence-corrected chi connectivity index (χ2v) is 6.60. The normalized spacial score (nSPS) is 10.1. The molecule has 0 saturated heterocycles. The van der Waals surface area contributed by atoms with Crippen LogP contribution in [0, 0.1) is 16.2 Å². The van der Waals surface area contributed by atoms with Crippen molar-refractivity contribution in [2.75, 3.05) is 0 Å². The fourth-order valence-electron chi connectivity index (χ4n) is 0.250. The van der Waals surface area contributed by atoms with Gasteiger partial charge in [-0.25, -0.2) is 0 Å². The van der Waals surface area contributed by atoms with Crippen LogP contribution in [0.25, 0.3) is 0 Å². The van der Waals surface area contributed by atoms with Gasteiger partial charge in [0.25, 0.3) is 0 Å². The van der Waals surface area contributed by atoms with Gasteiger partial charge in [0.1, 0.15) is 0 Å². The molecular weight excluding hydrogens is 484 g/mol. The third kappa shape index (κ3) is 12.8. The molecule has 166 valence electrons. The zero-order chi connectivity index (χ0) is 23.0. The molecule has 0 spiro atoms. The molecule has 0 aromatic carbocycles. The minimum atomic E-state index is -1.89. The summed E-state index contributed by atoms with van der Waals surface area (Å²) in [7, 11) is 0. The average Bonchev–Trinajstić information content (AvgIpc) is 2.47. The van der Waals surface area contributed by atoms with Crippen LogP contribution in [0.2, 0.25) is 0 Å². The Morgan fingerprint density at radius 2 is 0.448 bits per heavy atom. The van der Waals surface area contributed by atoms with E-state index in [2.05, 4.69) is 0 Å². The van der Waals surface area contributed by atoms with Crippen LogP contribution in [0.4, 0.5) is 0 Å². The fraction of sp³-hybridized carbons (Fsp3) is 0.600. The first-order valence-electron chi connectivity index (χ1n) is 6.95. The molecule has 0 amide bonds. The summed E-state index contributed by atoms with van der Waals surface area (Å²) in [5.74, 6) is -9.82. The van der Waals surface area contributed by atoms with Crippen molar-refractivity contribution in [3.8, 4) is 0 Å². The molecule has 29 heavy (non-hydrogen) atoms. The summed E-state index contributed by atoms with van der Waals surface area (Å²) in [6, 6.07) is 0. The second kappa shape index (κ2) is 13.9. The van der Waals surface area contributed by atoms with Crippen LogP contribution < -0.4 is 30.6 Å². The van der Waals surface area contributed by atoms with Gasteiger partial charge in [0.15, 0.2) is 0 Å². The van der Waals surface area contributed by atoms with E-state index in [1.165, 1.54) is 0 Å². The van der Waals surface area contributed by atoms with E-state index in [9.17, 15) is 59.4 Å². The topological polar surface area (TPSA) is 241 Å². The van der Waals surface area contributed by atoms with Gasteiger partial charge in [0.05, 0.1) is 35.8 Å². The monoisotopic (exact) mass is 502 g/mol. The summed E-state index contributed by atoms with van der Waals surface area (Å²) in [6.45, 7) is 6.07. The molecule has 0 unspecified atom stereocenters. The number of rotatable bonds is 6. The fourth-order valence-corrected chi connectivity index (χ4v) is 0.250. The first kappa shape index (κ1) is 37.6. The van der Waals surface area contributed by atoms with Gasteiger partial charge in [-0.1, -0.05) is 0 Å². The summed E-state index contributed by atoms with van der Waals surface area (Å²) in [6.07, 6.45) is 0. The number of hydrogen-bond acceptors (Lipinski definition) is 12. The van der Waals surface area contributed by atoms with Crippen molar-refractivity contribution < 1.29 is 93.5 Å². The number of carboxylic acids is 6. The zero-order valence-corrected chi connectivity index (χ0v) is 18.3. The van der Waals surface area contributed by atoms with E-state index in [1.807, 2.05) is 0 Å². The third-order valence-corrected chi connectivity index (χ3v) is 3.06. The van der Waals surface area contributed by atoms with Gasteiger partial charge >= 0.3 is 34.1 Å². The van der Waals surface area contributed by atoms with E-state index in [1.54, 1.807) is 0 Å². The molecule has 0 atom stereocenters. The molecule has 12 nitrogen and oxygen atoms in total. The maximum Gasteiger partial charge on any atom is 3.00 e. The smallest absolute Gasteiger partial charge is 0.549 e. The molecule has 0 aliphatic heterocycles. The molecule has 0 aromatic heterocycles. The van der Waals surface area contributed by atoms with Crippen molar-refractivity contribution >= 4 is 35.8 Å². The van der Waals surface area contributed by atoms with Crippen LogP contribution in [0.15, 0.2) is 0 Å². The Hall–Kier alpha value is -2.14. The van der Waals surface area contributed by atoms with Gasteiger partial charge in [-0.3, -0.25) is 0 Å². The van der Waals surface area contributed by atoms with E-state index < -0.39 is 52.1 Å². The van der Waals surface area contributed by atoms with Gasteiger partial charge in [-0.2, -0.15) is 0 Å². The Kier molecular flexibility index (Phi) is 18.1. The largest absolute Gasteiger partial charge is 3.00 e. The van der Waals surface area contributed by atoms with Crippen LogP contribution in [0.1, 0.15) is 41.5 Å². The first-order chi connectivity index (χ1) is 11.7. The standard InChI is InChI=1S/3C5H8O4.2Fe/c3*1-5(2,3(6)7)4(8)9;;/h3*1-2H3,(H,6,7)(H,8,9);;/q;;;2*+3/p-6. The molecule has 0 heterocycles. The van der Waals surface area contributed by atoms with Crippen LogP contribution >= 0.6 is 0 Å². The van der Waals surface area contributed by atoms with Crippen molar-refractivity contribution in [1.29, 1.82) is 0 Å². The van der Waals surface area contributed by atoms with Crippen molar-refractivity contribution in [1.82, 2.24) is 0 Å². The molecule has 0 bridgehead atoms.